The van der Waals surface area contributed by atoms with E-state index in [9.17, 15) is 30.0 Å². The van der Waals surface area contributed by atoms with Crippen molar-refractivity contribution >= 4 is 23.1 Å². The van der Waals surface area contributed by atoms with E-state index in [4.69, 9.17) is 18.9 Å². The van der Waals surface area contributed by atoms with Crippen molar-refractivity contribution in [2.75, 3.05) is 27.4 Å². The van der Waals surface area contributed by atoms with Gasteiger partial charge in [0, 0.05) is 42.5 Å². The van der Waals surface area contributed by atoms with Crippen molar-refractivity contribution < 1.29 is 49.0 Å². The number of aliphatic hydroxyl groups is 2. The lowest BCUT2D eigenvalue weighted by molar-refractivity contribution is -0.117. The van der Waals surface area contributed by atoms with E-state index in [-0.39, 0.29) is 70.5 Å². The van der Waals surface area contributed by atoms with Crippen LogP contribution in [0.5, 0.6) is 34.5 Å². The number of ketones is 2. The summed E-state index contributed by atoms with van der Waals surface area (Å²) >= 11 is 0. The van der Waals surface area contributed by atoms with Gasteiger partial charge in [0.15, 0.2) is 24.8 Å². The minimum absolute atomic E-state index is 0.0782. The molecule has 0 saturated heterocycles. The van der Waals surface area contributed by atoms with Gasteiger partial charge in [-0.1, -0.05) is 132 Å². The fourth-order valence-corrected chi connectivity index (χ4v) is 9.12. The highest BCUT2D eigenvalue weighted by molar-refractivity contribution is 5.97. The van der Waals surface area contributed by atoms with Crippen molar-refractivity contribution in [2.45, 2.75) is 138 Å². The molecule has 6 aromatic carbocycles. The number of rotatable bonds is 18. The predicted molar refractivity (Wildman–Crippen MR) is 310 cm³/mol. The van der Waals surface area contributed by atoms with Crippen molar-refractivity contribution in [1.82, 2.24) is 0 Å². The molecule has 0 spiro atoms. The van der Waals surface area contributed by atoms with Crippen LogP contribution in [0.4, 0.5) is 0 Å². The van der Waals surface area contributed by atoms with Gasteiger partial charge in [-0.25, -0.2) is 0 Å². The Morgan fingerprint density at radius 2 is 0.727 bits per heavy atom. The Morgan fingerprint density at radius 1 is 0.429 bits per heavy atom. The summed E-state index contributed by atoms with van der Waals surface area (Å²) in [6.45, 7) is 28.7. The zero-order valence-electron chi connectivity index (χ0n) is 48.2. The molecule has 6 aromatic rings. The van der Waals surface area contributed by atoms with Gasteiger partial charge in [-0.2, -0.15) is 0 Å². The van der Waals surface area contributed by atoms with Gasteiger partial charge < -0.3 is 39.4 Å². The molecule has 0 aromatic heterocycles. The van der Waals surface area contributed by atoms with E-state index in [0.717, 1.165) is 62.2 Å². The predicted octanol–water partition coefficient (Wildman–Crippen LogP) is 14.8. The average Bonchev–Trinajstić information content (AvgIpc) is 3.35. The molecule has 0 aliphatic rings. The number of phenols is 2. The maximum atomic E-state index is 13.8. The van der Waals surface area contributed by atoms with Gasteiger partial charge in [0.1, 0.15) is 46.0 Å². The monoisotopic (exact) mass is 1040 g/mol. The Bertz CT molecular complexity index is 3180. The van der Waals surface area contributed by atoms with Gasteiger partial charge in [-0.05, 0) is 151 Å². The second kappa shape index (κ2) is 23.4. The topological polar surface area (TPSA) is 152 Å². The fraction of sp³-hybridized carbons (Fsp3) is 0.373. The molecule has 0 fully saturated rings. The second-order valence-corrected chi connectivity index (χ2v) is 24.4. The van der Waals surface area contributed by atoms with Crippen LogP contribution < -0.4 is 18.9 Å². The highest BCUT2D eigenvalue weighted by atomic mass is 16.5. The fourth-order valence-electron chi connectivity index (χ4n) is 9.12. The summed E-state index contributed by atoms with van der Waals surface area (Å²) < 4.78 is 23.6. The Kier molecular flexibility index (Phi) is 17.9. The number of methoxy groups -OCH3 is 2. The third-order valence-corrected chi connectivity index (χ3v) is 13.9. The molecule has 408 valence electrons. The Labute approximate surface area is 457 Å². The third kappa shape index (κ3) is 14.9. The first-order chi connectivity index (χ1) is 35.9. The molecule has 77 heavy (non-hydrogen) atoms. The van der Waals surface area contributed by atoms with E-state index in [1.165, 1.54) is 0 Å². The first-order valence-electron chi connectivity index (χ1n) is 26.3. The lowest BCUT2D eigenvalue weighted by Gasteiger charge is -2.27. The number of hydrogen-bond acceptors (Lipinski definition) is 10. The Morgan fingerprint density at radius 3 is 1.08 bits per heavy atom. The van der Waals surface area contributed by atoms with Gasteiger partial charge in [-0.3, -0.25) is 9.59 Å². The first kappa shape index (κ1) is 58.8. The molecule has 10 nitrogen and oxygen atoms in total. The molecule has 4 N–H and O–H groups in total. The quantitative estimate of drug-likeness (QED) is 0.0484. The van der Waals surface area contributed by atoms with Crippen LogP contribution in [0.2, 0.25) is 0 Å². The molecule has 0 heterocycles. The number of carbonyl (C=O) groups is 2. The summed E-state index contributed by atoms with van der Waals surface area (Å²) in [4.78, 5) is 27.2. The zero-order valence-corrected chi connectivity index (χ0v) is 48.2. The molecular weight excluding hydrogens is 965 g/mol. The summed E-state index contributed by atoms with van der Waals surface area (Å²) in [7, 11) is 3.11. The van der Waals surface area contributed by atoms with Crippen molar-refractivity contribution in [2.24, 2.45) is 0 Å². The molecule has 0 bridgehead atoms. The molecule has 0 saturated carbocycles. The van der Waals surface area contributed by atoms with Crippen LogP contribution >= 0.6 is 0 Å². The van der Waals surface area contributed by atoms with Crippen molar-refractivity contribution in [3.63, 3.8) is 0 Å². The van der Waals surface area contributed by atoms with Crippen LogP contribution in [-0.4, -0.2) is 59.4 Å². The van der Waals surface area contributed by atoms with E-state index in [1.807, 2.05) is 38.1 Å². The van der Waals surface area contributed by atoms with Crippen LogP contribution in [0, 0.1) is 13.8 Å². The van der Waals surface area contributed by atoms with Gasteiger partial charge >= 0.3 is 0 Å². The number of ether oxygens (including phenoxy) is 4. The third-order valence-electron chi connectivity index (χ3n) is 13.9. The maximum Gasteiger partial charge on any atom is 0.196 e. The molecule has 0 atom stereocenters. The molecule has 10 heteroatoms. The lowest BCUT2D eigenvalue weighted by atomic mass is 9.80. The van der Waals surface area contributed by atoms with Crippen molar-refractivity contribution in [1.29, 1.82) is 0 Å². The molecule has 0 unspecified atom stereocenters. The highest BCUT2D eigenvalue weighted by Gasteiger charge is 2.27. The highest BCUT2D eigenvalue weighted by Crippen LogP contribution is 2.42. The lowest BCUT2D eigenvalue weighted by Crippen LogP contribution is -2.17. The van der Waals surface area contributed by atoms with E-state index in [1.54, 1.807) is 62.8 Å². The van der Waals surface area contributed by atoms with Crippen molar-refractivity contribution in [3.8, 4) is 34.5 Å². The second-order valence-electron chi connectivity index (χ2n) is 24.4. The van der Waals surface area contributed by atoms with E-state index in [2.05, 4.69) is 107 Å². The average molecular weight is 1050 g/mol. The molecular formula is C67H80O10. The van der Waals surface area contributed by atoms with Crippen molar-refractivity contribution in [3.05, 3.63) is 187 Å². The minimum Gasteiger partial charge on any atom is -0.507 e. The van der Waals surface area contributed by atoms with Crippen LogP contribution in [0.25, 0.3) is 11.5 Å². The number of phenolic OH excluding ortho intramolecular Hbond substituents is 2. The minimum atomic E-state index is -0.471. The zero-order chi connectivity index (χ0) is 56.9. The number of hydrogen-bond donors (Lipinski definition) is 4. The normalized spacial score (nSPS) is 12.6. The van der Waals surface area contributed by atoms with Gasteiger partial charge in [0.05, 0.1) is 14.2 Å². The number of benzene rings is 6. The van der Waals surface area contributed by atoms with E-state index in [0.29, 0.717) is 50.8 Å². The summed E-state index contributed by atoms with van der Waals surface area (Å²) in [6.07, 6.45) is 3.04. The first-order valence-corrected chi connectivity index (χ1v) is 26.3. The van der Waals surface area contributed by atoms with Gasteiger partial charge in [0.25, 0.3) is 0 Å². The number of aryl methyl sites for hydroxylation is 2. The van der Waals surface area contributed by atoms with E-state index < -0.39 is 18.2 Å². The molecule has 0 aliphatic heterocycles. The summed E-state index contributed by atoms with van der Waals surface area (Å²) in [5, 5.41) is 46.3. The number of carbonyl (C=O) groups excluding carboxylic acids is 2. The van der Waals surface area contributed by atoms with E-state index >= 15 is 0 Å². The van der Waals surface area contributed by atoms with Gasteiger partial charge in [0.2, 0.25) is 0 Å². The van der Waals surface area contributed by atoms with Crippen LogP contribution in [0.15, 0.2) is 109 Å². The summed E-state index contributed by atoms with van der Waals surface area (Å²) in [5.74, 6) is 1.12. The standard InChI is InChI=1S/C67H80O10/c1-40-25-50(64(3,4)5)30-44(60(40)72)27-48-34-53(67(12,13)14)35-49(63(48)77-39-55(69)37-59(71)43-19-23-57(75-16)24-20-43)29-46-32-52(66(9,10)11)31-45(61(46)73)28-47-33-51(65(6,7)8)26-41(2)62(47)76-38-54(68)36-58(70)42-17-21-56(74-15)22-18-42/h17-26,30-37,70-73H,27-29,38-39H2,1-16H3/b58-36-,59-37-. The van der Waals surface area contributed by atoms with Crippen LogP contribution in [0.1, 0.15) is 161 Å². The SMILES string of the molecule is COc1ccc(/C(O)=C/C(=O)COc2c(C)cc(C(C)(C)C)cc2Cc2cc(C(C)(C)C)cc(Cc3cc(C(C)(C)C)cc(Cc4cc(C(C)(C)C)cc(C)c4O)c3OCC(=O)/C=C(\O)c3ccc(OC)cc3)c2O)cc1. The summed E-state index contributed by atoms with van der Waals surface area (Å²) in [5.41, 5.74) is 9.60. The molecule has 6 rings (SSSR count). The molecule has 0 amide bonds. The Balaban J connectivity index is 1.48. The summed E-state index contributed by atoms with van der Waals surface area (Å²) in [6, 6.07) is 29.9. The van der Waals surface area contributed by atoms with Gasteiger partial charge in [-0.15, -0.1) is 0 Å². The number of aliphatic hydroxyl groups excluding tert-OH is 2. The van der Waals surface area contributed by atoms with Crippen LogP contribution in [0.3, 0.4) is 0 Å². The molecule has 0 aliphatic carbocycles. The Hall–Kier alpha value is -7.46. The molecule has 0 radical (unpaired) electrons. The maximum absolute atomic E-state index is 13.8. The largest absolute Gasteiger partial charge is 0.507 e. The van der Waals surface area contributed by atoms with Crippen LogP contribution in [-0.2, 0) is 50.5 Å². The number of aromatic hydroxyl groups is 2. The smallest absolute Gasteiger partial charge is 0.196 e.